The van der Waals surface area contributed by atoms with Crippen LogP contribution in [0.1, 0.15) is 49.3 Å². The standard InChI is InChI=1S/C14H20N4O7S2.C3H6/c1-14(2,3)24-12(19)15-5-10-16-8-6-17-7-9(11(8)26-10)18(13(17)20)25-27(21,22)23-4;1-3-2/h9H,5-7H2,1-4H3,(H,15,19);3H,1H2,2H3. The summed E-state index contributed by atoms with van der Waals surface area (Å²) in [5.41, 5.74) is 0.0374. The molecule has 1 fully saturated rings. The van der Waals surface area contributed by atoms with Gasteiger partial charge in [0.15, 0.2) is 0 Å². The van der Waals surface area contributed by atoms with Crippen LogP contribution in [0.5, 0.6) is 0 Å². The highest BCUT2D eigenvalue weighted by atomic mass is 32.3. The van der Waals surface area contributed by atoms with Crippen molar-refractivity contribution in [1.82, 2.24) is 20.3 Å². The number of carbonyl (C=O) groups is 2. The van der Waals surface area contributed by atoms with Gasteiger partial charge in [-0.1, -0.05) is 6.08 Å². The number of fused-ring (bicyclic) bond motifs is 4. The number of hydrogen-bond donors (Lipinski definition) is 1. The first-order chi connectivity index (χ1) is 13.9. The van der Waals surface area contributed by atoms with Crippen molar-refractivity contribution in [1.29, 1.82) is 0 Å². The van der Waals surface area contributed by atoms with Crippen molar-refractivity contribution >= 4 is 33.9 Å². The van der Waals surface area contributed by atoms with Gasteiger partial charge in [0.05, 0.1) is 37.3 Å². The van der Waals surface area contributed by atoms with E-state index in [2.05, 4.69) is 21.1 Å². The Morgan fingerprint density at radius 2 is 2.07 bits per heavy atom. The molecule has 3 amide bonds. The summed E-state index contributed by atoms with van der Waals surface area (Å²) < 4.78 is 37.3. The molecule has 3 heterocycles. The molecule has 0 spiro atoms. The molecule has 1 aromatic heterocycles. The van der Waals surface area contributed by atoms with Gasteiger partial charge >= 0.3 is 22.5 Å². The zero-order valence-electron chi connectivity index (χ0n) is 17.5. The van der Waals surface area contributed by atoms with Crippen molar-refractivity contribution < 1.29 is 31.2 Å². The molecule has 2 aliphatic rings. The Labute approximate surface area is 179 Å². The number of thiazole rings is 1. The highest BCUT2D eigenvalue weighted by molar-refractivity contribution is 7.81. The van der Waals surface area contributed by atoms with Crippen molar-refractivity contribution in [3.63, 3.8) is 0 Å². The average Bonchev–Trinajstić information content (AvgIpc) is 3.15. The quantitative estimate of drug-likeness (QED) is 0.661. The number of hydrogen-bond acceptors (Lipinski definition) is 9. The number of ether oxygens (including phenoxy) is 1. The van der Waals surface area contributed by atoms with Crippen LogP contribution in [-0.4, -0.2) is 54.7 Å². The summed E-state index contributed by atoms with van der Waals surface area (Å²) in [5, 5.41) is 4.02. The summed E-state index contributed by atoms with van der Waals surface area (Å²) in [5.74, 6) is 0. The number of urea groups is 1. The normalized spacial score (nSPS) is 17.8. The van der Waals surface area contributed by atoms with Gasteiger partial charge in [0.1, 0.15) is 16.7 Å². The predicted molar refractivity (Wildman–Crippen MR) is 108 cm³/mol. The van der Waals surface area contributed by atoms with Gasteiger partial charge in [-0.05, 0) is 27.7 Å². The maximum atomic E-state index is 12.3. The zero-order chi connectivity index (χ0) is 22.7. The summed E-state index contributed by atoms with van der Waals surface area (Å²) in [6.45, 7) is 11.2. The first kappa shape index (κ1) is 24.1. The first-order valence-corrected chi connectivity index (χ1v) is 11.2. The number of alkyl carbamates (subject to hydrolysis) is 1. The number of aromatic nitrogens is 1. The summed E-state index contributed by atoms with van der Waals surface area (Å²) in [4.78, 5) is 30.6. The molecule has 168 valence electrons. The molecule has 13 heteroatoms. The summed E-state index contributed by atoms with van der Waals surface area (Å²) >= 11 is 1.28. The lowest BCUT2D eigenvalue weighted by Gasteiger charge is -2.20. The molecule has 1 N–H and O–H groups in total. The van der Waals surface area contributed by atoms with Gasteiger partial charge in [0.2, 0.25) is 0 Å². The van der Waals surface area contributed by atoms with Crippen molar-refractivity contribution in [3.05, 3.63) is 28.2 Å². The molecule has 1 aromatic rings. The van der Waals surface area contributed by atoms with E-state index in [1.165, 1.54) is 16.2 Å². The molecule has 0 aliphatic carbocycles. The van der Waals surface area contributed by atoms with Gasteiger partial charge in [-0.15, -0.1) is 22.2 Å². The molecule has 0 radical (unpaired) electrons. The van der Waals surface area contributed by atoms with Crippen LogP contribution in [0.25, 0.3) is 0 Å². The second-order valence-electron chi connectivity index (χ2n) is 7.34. The number of hydroxylamine groups is 2. The van der Waals surface area contributed by atoms with Crippen molar-refractivity contribution in [2.24, 2.45) is 0 Å². The average molecular weight is 463 g/mol. The Kier molecular flexibility index (Phi) is 7.45. The maximum absolute atomic E-state index is 12.3. The Morgan fingerprint density at radius 1 is 1.43 bits per heavy atom. The third-order valence-corrected chi connectivity index (χ3v) is 5.66. The van der Waals surface area contributed by atoms with E-state index in [0.717, 1.165) is 12.2 Å². The monoisotopic (exact) mass is 462 g/mol. The van der Waals surface area contributed by atoms with Gasteiger partial charge < -0.3 is 15.0 Å². The minimum absolute atomic E-state index is 0.157. The highest BCUT2D eigenvalue weighted by Gasteiger charge is 2.47. The smallest absolute Gasteiger partial charge is 0.420 e. The van der Waals surface area contributed by atoms with E-state index in [0.29, 0.717) is 15.6 Å². The molecule has 0 saturated carbocycles. The molecule has 1 atom stereocenters. The molecule has 11 nitrogen and oxygen atoms in total. The fourth-order valence-electron chi connectivity index (χ4n) is 2.67. The Hall–Kier alpha value is -2.22. The van der Waals surface area contributed by atoms with Crippen LogP contribution in [0, 0.1) is 0 Å². The molecular weight excluding hydrogens is 436 g/mol. The first-order valence-electron chi connectivity index (χ1n) is 9.01. The van der Waals surface area contributed by atoms with E-state index in [1.54, 1.807) is 26.8 Å². The zero-order valence-corrected chi connectivity index (χ0v) is 19.1. The Morgan fingerprint density at radius 3 is 2.63 bits per heavy atom. The minimum atomic E-state index is -4.32. The van der Waals surface area contributed by atoms with E-state index in [9.17, 15) is 18.0 Å². The van der Waals surface area contributed by atoms with Crippen LogP contribution < -0.4 is 5.32 Å². The number of nitrogens with zero attached hydrogens (tertiary/aromatic N) is 3. The van der Waals surface area contributed by atoms with Gasteiger partial charge in [-0.2, -0.15) is 13.5 Å². The van der Waals surface area contributed by atoms with E-state index >= 15 is 0 Å². The topological polar surface area (TPSA) is 127 Å². The van der Waals surface area contributed by atoms with Crippen molar-refractivity contribution in [2.45, 2.75) is 52.4 Å². The fourth-order valence-corrected chi connectivity index (χ4v) is 4.19. The molecule has 3 rings (SSSR count). The van der Waals surface area contributed by atoms with Crippen LogP contribution in [0.3, 0.4) is 0 Å². The lowest BCUT2D eigenvalue weighted by Crippen LogP contribution is -2.33. The molecule has 2 aliphatic heterocycles. The fraction of sp³-hybridized carbons (Fsp3) is 0.588. The van der Waals surface area contributed by atoms with Gasteiger partial charge in [-0.3, -0.25) is 4.18 Å². The number of rotatable bonds is 5. The van der Waals surface area contributed by atoms with Gasteiger partial charge in [-0.25, -0.2) is 14.6 Å². The van der Waals surface area contributed by atoms with E-state index in [-0.39, 0.29) is 19.6 Å². The SMILES string of the molecule is C=CC.COS(=O)(=O)ON1C(=O)N2Cc3nc(CNC(=O)OC(C)(C)C)sc3C1C2. The highest BCUT2D eigenvalue weighted by Crippen LogP contribution is 2.41. The van der Waals surface area contributed by atoms with Crippen LogP contribution in [0.4, 0.5) is 9.59 Å². The van der Waals surface area contributed by atoms with Crippen LogP contribution in [-0.2, 0) is 36.7 Å². The maximum Gasteiger partial charge on any atom is 0.420 e. The minimum Gasteiger partial charge on any atom is -0.444 e. The van der Waals surface area contributed by atoms with Gasteiger partial charge in [0, 0.05) is 0 Å². The van der Waals surface area contributed by atoms with Crippen LogP contribution in [0.2, 0.25) is 0 Å². The molecule has 0 aromatic carbocycles. The number of allylic oxidation sites excluding steroid dienone is 1. The van der Waals surface area contributed by atoms with Crippen LogP contribution in [0.15, 0.2) is 12.7 Å². The van der Waals surface area contributed by atoms with E-state index in [1.807, 2.05) is 6.92 Å². The lowest BCUT2D eigenvalue weighted by atomic mass is 10.1. The number of carbonyl (C=O) groups excluding carboxylic acids is 2. The second-order valence-corrected chi connectivity index (χ2v) is 9.75. The third kappa shape index (κ3) is 5.90. The van der Waals surface area contributed by atoms with Crippen molar-refractivity contribution in [2.75, 3.05) is 13.7 Å². The molecule has 1 saturated heterocycles. The molecular formula is C17H26N4O7S2. The number of amides is 3. The number of nitrogens with one attached hydrogen (secondary N) is 1. The summed E-state index contributed by atoms with van der Waals surface area (Å²) in [6.07, 6.45) is 1.19. The largest absolute Gasteiger partial charge is 0.444 e. The molecule has 1 unspecified atom stereocenters. The lowest BCUT2D eigenvalue weighted by molar-refractivity contribution is -0.0332. The predicted octanol–water partition coefficient (Wildman–Crippen LogP) is 2.48. The Balaban J connectivity index is 0.00000101. The van der Waals surface area contributed by atoms with Crippen LogP contribution >= 0.6 is 11.3 Å². The Bertz CT molecular complexity index is 908. The molecule has 2 bridgehead atoms. The van der Waals surface area contributed by atoms with Crippen molar-refractivity contribution in [3.8, 4) is 0 Å². The van der Waals surface area contributed by atoms with E-state index < -0.39 is 34.2 Å². The molecule has 30 heavy (non-hydrogen) atoms. The second kappa shape index (κ2) is 9.29. The van der Waals surface area contributed by atoms with Gasteiger partial charge in [0.25, 0.3) is 0 Å². The summed E-state index contributed by atoms with van der Waals surface area (Å²) in [7, 11) is -3.37. The third-order valence-electron chi connectivity index (χ3n) is 3.71. The van der Waals surface area contributed by atoms with E-state index in [4.69, 9.17) is 9.02 Å². The summed E-state index contributed by atoms with van der Waals surface area (Å²) in [6, 6.07) is -1.18.